The number of methoxy groups -OCH3 is 1. The molecule has 1 fully saturated rings. The third-order valence-corrected chi connectivity index (χ3v) is 8.22. The summed E-state index contributed by atoms with van der Waals surface area (Å²) in [5.41, 5.74) is 7.48. The molecule has 1 saturated heterocycles. The summed E-state index contributed by atoms with van der Waals surface area (Å²) < 4.78 is 5.30. The highest BCUT2D eigenvalue weighted by Crippen LogP contribution is 2.28. The Morgan fingerprint density at radius 1 is 0.810 bits per heavy atom. The Morgan fingerprint density at radius 2 is 1.45 bits per heavy atom. The average Bonchev–Trinajstić information content (AvgIpc) is 3.04. The molecule has 5 heteroatoms. The van der Waals surface area contributed by atoms with Crippen molar-refractivity contribution in [2.24, 2.45) is 0 Å². The van der Waals surface area contributed by atoms with Crippen LogP contribution < -0.4 is 5.32 Å². The number of nitrogens with one attached hydrogen (secondary N) is 1. The van der Waals surface area contributed by atoms with Crippen LogP contribution in [-0.4, -0.2) is 55.1 Å². The minimum absolute atomic E-state index is 0.0609. The van der Waals surface area contributed by atoms with Crippen LogP contribution in [0.1, 0.15) is 35.1 Å². The molecule has 0 aliphatic carbocycles. The van der Waals surface area contributed by atoms with E-state index in [1.54, 1.807) is 7.11 Å². The molecule has 4 aromatic carbocycles. The number of hydrogen-bond acceptors (Lipinski definition) is 4. The Hall–Kier alpha value is -3.77. The van der Waals surface area contributed by atoms with E-state index in [2.05, 4.69) is 124 Å². The number of nitrogens with zero attached hydrogens (tertiary/aromatic N) is 2. The predicted molar refractivity (Wildman–Crippen MR) is 171 cm³/mol. The molecular formula is C37H43N3O2. The maximum Gasteiger partial charge on any atom is 0.249 e. The van der Waals surface area contributed by atoms with E-state index in [0.29, 0.717) is 6.54 Å². The van der Waals surface area contributed by atoms with Gasteiger partial charge < -0.3 is 15.0 Å². The van der Waals surface area contributed by atoms with Crippen molar-refractivity contribution < 1.29 is 9.53 Å². The van der Waals surface area contributed by atoms with E-state index < -0.39 is 0 Å². The Balaban J connectivity index is 1.21. The van der Waals surface area contributed by atoms with Crippen molar-refractivity contribution in [3.63, 3.8) is 0 Å². The van der Waals surface area contributed by atoms with Gasteiger partial charge in [-0.25, -0.2) is 0 Å². The number of carbonyl (C=O) groups excluding carboxylic acids is 1. The van der Waals surface area contributed by atoms with Gasteiger partial charge in [0.15, 0.2) is 0 Å². The van der Waals surface area contributed by atoms with Crippen molar-refractivity contribution in [3.8, 4) is 11.1 Å². The van der Waals surface area contributed by atoms with Crippen LogP contribution in [0.25, 0.3) is 11.1 Å². The maximum atomic E-state index is 13.3. The summed E-state index contributed by atoms with van der Waals surface area (Å²) in [6, 6.07) is 38.7. The molecule has 0 bridgehead atoms. The van der Waals surface area contributed by atoms with E-state index in [9.17, 15) is 4.79 Å². The van der Waals surface area contributed by atoms with Crippen molar-refractivity contribution in [2.75, 3.05) is 33.4 Å². The number of likely N-dealkylation sites (tertiary alicyclic amines) is 1. The van der Waals surface area contributed by atoms with E-state index in [0.717, 1.165) is 52.0 Å². The van der Waals surface area contributed by atoms with Gasteiger partial charge in [-0.2, -0.15) is 0 Å². The molecular weight excluding hydrogens is 518 g/mol. The van der Waals surface area contributed by atoms with Gasteiger partial charge in [-0.1, -0.05) is 109 Å². The maximum absolute atomic E-state index is 13.3. The molecule has 0 saturated carbocycles. The molecule has 1 heterocycles. The van der Waals surface area contributed by atoms with Crippen LogP contribution in [0.3, 0.4) is 0 Å². The predicted octanol–water partition coefficient (Wildman–Crippen LogP) is 6.33. The lowest BCUT2D eigenvalue weighted by atomic mass is 9.96. The lowest BCUT2D eigenvalue weighted by Gasteiger charge is -2.39. The van der Waals surface area contributed by atoms with Gasteiger partial charge in [-0.3, -0.25) is 9.69 Å². The number of carbonyl (C=O) groups is 1. The van der Waals surface area contributed by atoms with Gasteiger partial charge in [-0.05, 0) is 59.2 Å². The van der Waals surface area contributed by atoms with Crippen LogP contribution in [0.4, 0.5) is 0 Å². The van der Waals surface area contributed by atoms with Crippen LogP contribution >= 0.6 is 0 Å². The molecule has 4 aromatic rings. The summed E-state index contributed by atoms with van der Waals surface area (Å²) >= 11 is 0. The van der Waals surface area contributed by atoms with Crippen LogP contribution in [0.15, 0.2) is 109 Å². The molecule has 5 nitrogen and oxygen atoms in total. The van der Waals surface area contributed by atoms with Gasteiger partial charge in [-0.15, -0.1) is 0 Å². The van der Waals surface area contributed by atoms with Crippen molar-refractivity contribution in [1.82, 2.24) is 15.1 Å². The normalized spacial score (nSPS) is 14.1. The van der Waals surface area contributed by atoms with Crippen LogP contribution in [0, 0.1) is 0 Å². The molecule has 42 heavy (non-hydrogen) atoms. The molecule has 1 amide bonds. The van der Waals surface area contributed by atoms with Gasteiger partial charge in [0.2, 0.25) is 5.91 Å². The average molecular weight is 562 g/mol. The topological polar surface area (TPSA) is 44.8 Å². The molecule has 1 aliphatic rings. The SMILES string of the molecule is COCC(=O)N(Cc1ccccc1-c1ccc(CNCCc2ccccc2)cc1)C1CCN(Cc2ccccc2)CC1. The van der Waals surface area contributed by atoms with Gasteiger partial charge >= 0.3 is 0 Å². The first-order valence-electron chi connectivity index (χ1n) is 15.2. The van der Waals surface area contributed by atoms with Crippen molar-refractivity contribution >= 4 is 5.91 Å². The number of benzene rings is 4. The fourth-order valence-electron chi connectivity index (χ4n) is 5.89. The Bertz CT molecular complexity index is 1370. The number of amides is 1. The first kappa shape index (κ1) is 29.7. The summed E-state index contributed by atoms with van der Waals surface area (Å²) in [5, 5.41) is 3.56. The first-order chi connectivity index (χ1) is 20.7. The number of rotatable bonds is 13. The zero-order valence-corrected chi connectivity index (χ0v) is 24.8. The van der Waals surface area contributed by atoms with Gasteiger partial charge in [0, 0.05) is 45.9 Å². The van der Waals surface area contributed by atoms with Gasteiger partial charge in [0.1, 0.15) is 6.61 Å². The molecule has 0 spiro atoms. The quantitative estimate of drug-likeness (QED) is 0.194. The highest BCUT2D eigenvalue weighted by atomic mass is 16.5. The fraction of sp³-hybridized carbons (Fsp3) is 0.324. The second-order valence-corrected chi connectivity index (χ2v) is 11.2. The molecule has 0 aromatic heterocycles. The zero-order chi connectivity index (χ0) is 29.0. The minimum Gasteiger partial charge on any atom is -0.375 e. The molecule has 1 N–H and O–H groups in total. The van der Waals surface area contributed by atoms with Gasteiger partial charge in [0.05, 0.1) is 0 Å². The van der Waals surface area contributed by atoms with Gasteiger partial charge in [0.25, 0.3) is 0 Å². The van der Waals surface area contributed by atoms with E-state index in [1.807, 2.05) is 0 Å². The molecule has 0 unspecified atom stereocenters. The monoisotopic (exact) mass is 561 g/mol. The van der Waals surface area contributed by atoms with E-state index >= 15 is 0 Å². The summed E-state index contributed by atoms with van der Waals surface area (Å²) in [6.45, 7) is 5.42. The summed E-state index contributed by atoms with van der Waals surface area (Å²) in [5.74, 6) is 0.0609. The van der Waals surface area contributed by atoms with E-state index in [4.69, 9.17) is 4.74 Å². The number of ether oxygens (including phenoxy) is 1. The fourth-order valence-corrected chi connectivity index (χ4v) is 5.89. The van der Waals surface area contributed by atoms with Crippen LogP contribution in [-0.2, 0) is 35.6 Å². The molecule has 0 atom stereocenters. The lowest BCUT2D eigenvalue weighted by molar-refractivity contribution is -0.139. The largest absolute Gasteiger partial charge is 0.375 e. The Kier molecular flexibility index (Phi) is 10.9. The minimum atomic E-state index is 0.0609. The van der Waals surface area contributed by atoms with E-state index in [-0.39, 0.29) is 18.6 Å². The summed E-state index contributed by atoms with van der Waals surface area (Å²) in [7, 11) is 1.60. The molecule has 0 radical (unpaired) electrons. The lowest BCUT2D eigenvalue weighted by Crippen LogP contribution is -2.47. The molecule has 5 rings (SSSR count). The van der Waals surface area contributed by atoms with Crippen molar-refractivity contribution in [2.45, 2.75) is 44.9 Å². The second-order valence-electron chi connectivity index (χ2n) is 11.2. The molecule has 1 aliphatic heterocycles. The number of hydrogen-bond donors (Lipinski definition) is 1. The van der Waals surface area contributed by atoms with Crippen LogP contribution in [0.5, 0.6) is 0 Å². The third kappa shape index (κ3) is 8.39. The smallest absolute Gasteiger partial charge is 0.249 e. The first-order valence-corrected chi connectivity index (χ1v) is 15.2. The summed E-state index contributed by atoms with van der Waals surface area (Å²) in [4.78, 5) is 17.9. The number of piperidine rings is 1. The Morgan fingerprint density at radius 3 is 2.14 bits per heavy atom. The third-order valence-electron chi connectivity index (χ3n) is 8.22. The standard InChI is InChI=1S/C37H43N3O2/c1-42-29-37(41)40(35-21-24-39(25-22-35)27-32-12-6-3-7-13-32)28-34-14-8-9-15-36(34)33-18-16-31(17-19-33)26-38-23-20-30-10-4-2-5-11-30/h2-19,35,38H,20-29H2,1H3. The second kappa shape index (κ2) is 15.5. The van der Waals surface area contributed by atoms with E-state index in [1.165, 1.54) is 33.4 Å². The highest BCUT2D eigenvalue weighted by Gasteiger charge is 2.28. The Labute approximate surface area is 251 Å². The van der Waals surface area contributed by atoms with Crippen molar-refractivity contribution in [1.29, 1.82) is 0 Å². The zero-order valence-electron chi connectivity index (χ0n) is 24.8. The van der Waals surface area contributed by atoms with Crippen molar-refractivity contribution in [3.05, 3.63) is 131 Å². The molecule has 218 valence electrons. The van der Waals surface area contributed by atoms with Crippen LogP contribution in [0.2, 0.25) is 0 Å². The summed E-state index contributed by atoms with van der Waals surface area (Å²) in [6.07, 6.45) is 2.96. The highest BCUT2D eigenvalue weighted by molar-refractivity contribution is 5.78.